The first-order chi connectivity index (χ1) is 8.70. The fraction of sp³-hybridized carbons (Fsp3) is 0.0769. The van der Waals surface area contributed by atoms with Crippen LogP contribution in [-0.4, -0.2) is 4.98 Å². The molecule has 0 spiro atoms. The van der Waals surface area contributed by atoms with Gasteiger partial charge in [0.25, 0.3) is 0 Å². The molecule has 1 aromatic heterocycles. The molecule has 0 radical (unpaired) electrons. The highest BCUT2D eigenvalue weighted by Gasteiger charge is 2.07. The first kappa shape index (κ1) is 12.4. The van der Waals surface area contributed by atoms with Crippen LogP contribution in [0.5, 0.6) is 0 Å². The van der Waals surface area contributed by atoms with Crippen LogP contribution in [0.15, 0.2) is 41.4 Å². The number of nitrogens with two attached hydrogens (primary N) is 1. The summed E-state index contributed by atoms with van der Waals surface area (Å²) in [6, 6.07) is 10.2. The zero-order valence-electron chi connectivity index (χ0n) is 9.43. The molecule has 0 atom stereocenters. The summed E-state index contributed by atoms with van der Waals surface area (Å²) in [7, 11) is 0. The lowest BCUT2D eigenvalue weighted by atomic mass is 10.1. The van der Waals surface area contributed by atoms with Gasteiger partial charge in [-0.15, -0.1) is 11.8 Å². The molecule has 2 rings (SSSR count). The van der Waals surface area contributed by atoms with E-state index < -0.39 is 5.82 Å². The molecule has 5 heteroatoms. The monoisotopic (exact) mass is 259 g/mol. The standard InChI is InChI=1S/C13H10FN3S/c14-13-9(6-15)2-1-3-10(13)8-18-11-4-5-12(16)17-7-11/h1-5,7H,8H2,(H2,16,17). The molecule has 0 fully saturated rings. The molecule has 0 saturated heterocycles. The third-order valence-corrected chi connectivity index (χ3v) is 3.38. The molecule has 0 aliphatic heterocycles. The number of nitriles is 1. The molecule has 0 bridgehead atoms. The van der Waals surface area contributed by atoms with Crippen molar-refractivity contribution in [3.63, 3.8) is 0 Å². The third-order valence-electron chi connectivity index (χ3n) is 2.35. The summed E-state index contributed by atoms with van der Waals surface area (Å²) in [5.41, 5.74) is 6.06. The zero-order valence-corrected chi connectivity index (χ0v) is 10.2. The lowest BCUT2D eigenvalue weighted by molar-refractivity contribution is 0.613. The molecule has 2 aromatic rings. The highest BCUT2D eigenvalue weighted by molar-refractivity contribution is 7.98. The fourth-order valence-corrected chi connectivity index (χ4v) is 2.25. The van der Waals surface area contributed by atoms with Crippen LogP contribution < -0.4 is 5.73 Å². The van der Waals surface area contributed by atoms with Gasteiger partial charge in [0.2, 0.25) is 0 Å². The zero-order chi connectivity index (χ0) is 13.0. The van der Waals surface area contributed by atoms with Crippen molar-refractivity contribution in [3.8, 4) is 6.07 Å². The van der Waals surface area contributed by atoms with Crippen LogP contribution in [0.1, 0.15) is 11.1 Å². The van der Waals surface area contributed by atoms with Crippen LogP contribution in [0, 0.1) is 17.1 Å². The van der Waals surface area contributed by atoms with Crippen LogP contribution in [0.4, 0.5) is 10.2 Å². The van der Waals surface area contributed by atoms with E-state index in [1.165, 1.54) is 17.8 Å². The van der Waals surface area contributed by atoms with Gasteiger partial charge in [0.05, 0.1) is 5.56 Å². The van der Waals surface area contributed by atoms with Crippen molar-refractivity contribution in [3.05, 3.63) is 53.5 Å². The van der Waals surface area contributed by atoms with E-state index in [9.17, 15) is 4.39 Å². The minimum atomic E-state index is -0.448. The quantitative estimate of drug-likeness (QED) is 0.861. The molecule has 1 heterocycles. The summed E-state index contributed by atoms with van der Waals surface area (Å²) >= 11 is 1.45. The predicted molar refractivity (Wildman–Crippen MR) is 69.3 cm³/mol. The molecule has 0 aliphatic carbocycles. The number of anilines is 1. The Morgan fingerprint density at radius 3 is 2.83 bits per heavy atom. The van der Waals surface area contributed by atoms with E-state index in [0.29, 0.717) is 17.1 Å². The number of rotatable bonds is 3. The number of thioether (sulfide) groups is 1. The van der Waals surface area contributed by atoms with Gasteiger partial charge in [0, 0.05) is 16.8 Å². The maximum atomic E-state index is 13.8. The Morgan fingerprint density at radius 1 is 1.33 bits per heavy atom. The Labute approximate surface area is 108 Å². The Morgan fingerprint density at radius 2 is 2.17 bits per heavy atom. The molecule has 1 aromatic carbocycles. The Hall–Kier alpha value is -2.06. The lowest BCUT2D eigenvalue weighted by Crippen LogP contribution is -1.92. The average molecular weight is 259 g/mol. The number of halogens is 1. The highest BCUT2D eigenvalue weighted by atomic mass is 32.2. The Kier molecular flexibility index (Phi) is 3.80. The summed E-state index contributed by atoms with van der Waals surface area (Å²) in [4.78, 5) is 4.87. The molecule has 90 valence electrons. The van der Waals surface area contributed by atoms with Gasteiger partial charge in [-0.05, 0) is 23.8 Å². The van der Waals surface area contributed by atoms with Crippen molar-refractivity contribution in [2.45, 2.75) is 10.6 Å². The van der Waals surface area contributed by atoms with Crippen molar-refractivity contribution < 1.29 is 4.39 Å². The van der Waals surface area contributed by atoms with Crippen LogP contribution in [0.2, 0.25) is 0 Å². The minimum Gasteiger partial charge on any atom is -0.384 e. The van der Waals surface area contributed by atoms with Crippen LogP contribution in [0.3, 0.4) is 0 Å². The Bertz CT molecular complexity index is 590. The van der Waals surface area contributed by atoms with E-state index >= 15 is 0 Å². The topological polar surface area (TPSA) is 62.7 Å². The van der Waals surface area contributed by atoms with Gasteiger partial charge in [-0.25, -0.2) is 9.37 Å². The van der Waals surface area contributed by atoms with Gasteiger partial charge >= 0.3 is 0 Å². The van der Waals surface area contributed by atoms with Gasteiger partial charge in [0.1, 0.15) is 17.7 Å². The van der Waals surface area contributed by atoms with E-state index in [-0.39, 0.29) is 5.56 Å². The van der Waals surface area contributed by atoms with E-state index in [2.05, 4.69) is 4.98 Å². The molecular formula is C13H10FN3S. The SMILES string of the molecule is N#Cc1cccc(CSc2ccc(N)nc2)c1F. The van der Waals surface area contributed by atoms with Gasteiger partial charge in [-0.2, -0.15) is 5.26 Å². The second-order valence-electron chi connectivity index (χ2n) is 3.60. The van der Waals surface area contributed by atoms with Gasteiger partial charge in [0.15, 0.2) is 0 Å². The normalized spacial score (nSPS) is 10.0. The van der Waals surface area contributed by atoms with E-state index in [1.54, 1.807) is 24.4 Å². The van der Waals surface area contributed by atoms with E-state index in [0.717, 1.165) is 4.90 Å². The molecule has 18 heavy (non-hydrogen) atoms. The number of nitrogens with zero attached hydrogens (tertiary/aromatic N) is 2. The predicted octanol–water partition coefficient (Wildman–Crippen LogP) is 2.97. The first-order valence-corrected chi connectivity index (χ1v) is 6.21. The van der Waals surface area contributed by atoms with Gasteiger partial charge in [-0.3, -0.25) is 0 Å². The molecule has 0 aliphatic rings. The Balaban J connectivity index is 2.11. The van der Waals surface area contributed by atoms with Gasteiger partial charge in [-0.1, -0.05) is 12.1 Å². The number of benzene rings is 1. The summed E-state index contributed by atoms with van der Waals surface area (Å²) in [5, 5.41) is 8.74. The van der Waals surface area contributed by atoms with Crippen LogP contribution >= 0.6 is 11.8 Å². The lowest BCUT2D eigenvalue weighted by Gasteiger charge is -2.04. The maximum absolute atomic E-state index is 13.8. The van der Waals surface area contributed by atoms with Crippen LogP contribution in [0.25, 0.3) is 0 Å². The van der Waals surface area contributed by atoms with Crippen molar-refractivity contribution in [2.24, 2.45) is 0 Å². The number of hydrogen-bond donors (Lipinski definition) is 1. The van der Waals surface area contributed by atoms with E-state index in [4.69, 9.17) is 11.0 Å². The van der Waals surface area contributed by atoms with Gasteiger partial charge < -0.3 is 5.73 Å². The maximum Gasteiger partial charge on any atom is 0.144 e. The second kappa shape index (κ2) is 5.52. The van der Waals surface area contributed by atoms with Crippen molar-refractivity contribution in [1.82, 2.24) is 4.98 Å². The molecular weight excluding hydrogens is 249 g/mol. The molecule has 2 N–H and O–H groups in total. The molecule has 3 nitrogen and oxygen atoms in total. The third kappa shape index (κ3) is 2.79. The van der Waals surface area contributed by atoms with Crippen molar-refractivity contribution in [2.75, 3.05) is 5.73 Å². The fourth-order valence-electron chi connectivity index (χ4n) is 1.42. The average Bonchev–Trinajstić information content (AvgIpc) is 2.39. The number of pyridine rings is 1. The number of aromatic nitrogens is 1. The molecule has 0 saturated carbocycles. The first-order valence-electron chi connectivity index (χ1n) is 5.22. The smallest absolute Gasteiger partial charge is 0.144 e. The highest BCUT2D eigenvalue weighted by Crippen LogP contribution is 2.24. The van der Waals surface area contributed by atoms with Crippen molar-refractivity contribution >= 4 is 17.6 Å². The molecule has 0 amide bonds. The number of hydrogen-bond acceptors (Lipinski definition) is 4. The minimum absolute atomic E-state index is 0.0727. The second-order valence-corrected chi connectivity index (χ2v) is 4.65. The summed E-state index contributed by atoms with van der Waals surface area (Å²) in [5.74, 6) is 0.459. The largest absolute Gasteiger partial charge is 0.384 e. The number of nitrogen functional groups attached to an aromatic ring is 1. The summed E-state index contributed by atoms with van der Waals surface area (Å²) < 4.78 is 13.8. The molecule has 0 unspecified atom stereocenters. The summed E-state index contributed by atoms with van der Waals surface area (Å²) in [6.45, 7) is 0. The van der Waals surface area contributed by atoms with Crippen LogP contribution in [-0.2, 0) is 5.75 Å². The van der Waals surface area contributed by atoms with Crippen molar-refractivity contribution in [1.29, 1.82) is 5.26 Å². The van der Waals surface area contributed by atoms with E-state index in [1.807, 2.05) is 12.1 Å². The summed E-state index contributed by atoms with van der Waals surface area (Å²) in [6.07, 6.45) is 1.64.